The molecule has 176 valence electrons. The van der Waals surface area contributed by atoms with Crippen molar-refractivity contribution in [1.29, 1.82) is 0 Å². The molecule has 0 saturated heterocycles. The topological polar surface area (TPSA) is 122 Å². The lowest BCUT2D eigenvalue weighted by molar-refractivity contribution is -0.116. The zero-order valence-corrected chi connectivity index (χ0v) is 19.5. The van der Waals surface area contributed by atoms with Gasteiger partial charge in [-0.1, -0.05) is 28.9 Å². The highest BCUT2D eigenvalue weighted by molar-refractivity contribution is 6.30. The molecule has 0 spiro atoms. The Hall–Kier alpha value is -4.51. The number of benzene rings is 2. The maximum absolute atomic E-state index is 12.6. The van der Waals surface area contributed by atoms with E-state index in [1.165, 1.54) is 29.6 Å². The van der Waals surface area contributed by atoms with Crippen molar-refractivity contribution in [3.05, 3.63) is 86.9 Å². The minimum Gasteiger partial charge on any atom is -0.325 e. The predicted molar refractivity (Wildman–Crippen MR) is 131 cm³/mol. The molecule has 3 heterocycles. The number of imidazole rings is 1. The lowest BCUT2D eigenvalue weighted by Gasteiger charge is -2.08. The number of rotatable bonds is 5. The Morgan fingerprint density at radius 3 is 2.43 bits per heavy atom. The maximum atomic E-state index is 12.6. The van der Waals surface area contributed by atoms with Gasteiger partial charge in [0.25, 0.3) is 5.56 Å². The quantitative estimate of drug-likeness (QED) is 0.402. The van der Waals surface area contributed by atoms with Gasteiger partial charge >= 0.3 is 5.69 Å². The van der Waals surface area contributed by atoms with Gasteiger partial charge in [-0.15, -0.1) is 5.10 Å². The molecule has 35 heavy (non-hydrogen) atoms. The molecule has 0 aliphatic carbocycles. The van der Waals surface area contributed by atoms with E-state index in [-0.39, 0.29) is 23.6 Å². The number of fused-ring (bicyclic) bond motifs is 1. The SMILES string of the molecule is Cn1c(=O)c2c(ncn2CC(=O)Nc2ccc(-c3cn(-c4ccc(Cl)cc4)nn3)cc2)n(C)c1=O. The normalized spacial score (nSPS) is 11.2. The molecule has 0 aliphatic heterocycles. The summed E-state index contributed by atoms with van der Waals surface area (Å²) in [6, 6.07) is 14.4. The maximum Gasteiger partial charge on any atom is 0.332 e. The average Bonchev–Trinajstić information content (AvgIpc) is 3.50. The molecule has 0 bridgehead atoms. The Labute approximate surface area is 202 Å². The van der Waals surface area contributed by atoms with E-state index in [1.807, 2.05) is 24.3 Å². The van der Waals surface area contributed by atoms with Crippen molar-refractivity contribution in [1.82, 2.24) is 33.7 Å². The largest absolute Gasteiger partial charge is 0.332 e. The molecule has 11 nitrogen and oxygen atoms in total. The molecular weight excluding hydrogens is 472 g/mol. The molecule has 2 aromatic carbocycles. The van der Waals surface area contributed by atoms with E-state index in [4.69, 9.17) is 11.6 Å². The van der Waals surface area contributed by atoms with Crippen LogP contribution < -0.4 is 16.6 Å². The Bertz CT molecular complexity index is 1680. The molecule has 1 amide bonds. The summed E-state index contributed by atoms with van der Waals surface area (Å²) in [5.41, 5.74) is 2.32. The van der Waals surface area contributed by atoms with Gasteiger partial charge in [0.05, 0.1) is 18.2 Å². The predicted octanol–water partition coefficient (Wildman–Crippen LogP) is 1.97. The van der Waals surface area contributed by atoms with Gasteiger partial charge in [0, 0.05) is 30.4 Å². The Balaban J connectivity index is 1.31. The van der Waals surface area contributed by atoms with Crippen molar-refractivity contribution in [2.24, 2.45) is 14.1 Å². The minimum atomic E-state index is -0.510. The summed E-state index contributed by atoms with van der Waals surface area (Å²) in [5.74, 6) is -0.346. The molecule has 0 saturated carbocycles. The van der Waals surface area contributed by atoms with E-state index < -0.39 is 11.2 Å². The van der Waals surface area contributed by atoms with E-state index in [0.29, 0.717) is 16.4 Å². The van der Waals surface area contributed by atoms with Crippen LogP contribution in [0.2, 0.25) is 5.02 Å². The molecule has 0 aliphatic rings. The standard InChI is InChI=1S/C23H19ClN8O3/c1-29-21-20(22(34)30(2)23(29)35)31(13-25-21)12-19(33)26-16-7-3-14(4-8-16)18-11-32(28-27-18)17-9-5-15(24)6-10-17/h3-11,13H,12H2,1-2H3,(H,26,33). The van der Waals surface area contributed by atoms with E-state index in [2.05, 4.69) is 20.6 Å². The minimum absolute atomic E-state index is 0.138. The van der Waals surface area contributed by atoms with Crippen molar-refractivity contribution < 1.29 is 4.79 Å². The molecule has 1 N–H and O–H groups in total. The van der Waals surface area contributed by atoms with Crippen LogP contribution in [-0.4, -0.2) is 39.6 Å². The number of halogens is 1. The zero-order valence-electron chi connectivity index (χ0n) is 18.7. The van der Waals surface area contributed by atoms with Gasteiger partial charge in [0.15, 0.2) is 11.2 Å². The highest BCUT2D eigenvalue weighted by Gasteiger charge is 2.16. The van der Waals surface area contributed by atoms with E-state index in [0.717, 1.165) is 15.8 Å². The molecule has 5 aromatic rings. The second-order valence-electron chi connectivity index (χ2n) is 7.90. The summed E-state index contributed by atoms with van der Waals surface area (Å²) >= 11 is 5.93. The second kappa shape index (κ2) is 8.69. The third kappa shape index (κ3) is 4.13. The lowest BCUT2D eigenvalue weighted by Crippen LogP contribution is -2.37. The number of nitrogens with zero attached hydrogens (tertiary/aromatic N) is 7. The van der Waals surface area contributed by atoms with Gasteiger partial charge in [-0.05, 0) is 36.4 Å². The lowest BCUT2D eigenvalue weighted by atomic mass is 10.1. The molecule has 0 atom stereocenters. The van der Waals surface area contributed by atoms with Gasteiger partial charge in [-0.2, -0.15) is 0 Å². The van der Waals surface area contributed by atoms with E-state index >= 15 is 0 Å². The molecule has 0 fully saturated rings. The highest BCUT2D eigenvalue weighted by atomic mass is 35.5. The summed E-state index contributed by atoms with van der Waals surface area (Å²) in [6.45, 7) is -0.138. The fourth-order valence-corrected chi connectivity index (χ4v) is 3.84. The molecule has 12 heteroatoms. The number of carbonyl (C=O) groups excluding carboxylic acids is 1. The number of nitrogens with one attached hydrogen (secondary N) is 1. The van der Waals surface area contributed by atoms with Crippen molar-refractivity contribution in [2.75, 3.05) is 5.32 Å². The van der Waals surface area contributed by atoms with Gasteiger partial charge in [0.1, 0.15) is 12.2 Å². The first-order valence-electron chi connectivity index (χ1n) is 10.5. The Morgan fingerprint density at radius 2 is 1.71 bits per heavy atom. The molecular formula is C23H19ClN8O3. The molecule has 0 unspecified atom stereocenters. The average molecular weight is 491 g/mol. The van der Waals surface area contributed by atoms with Crippen LogP contribution in [0.1, 0.15) is 0 Å². The number of carbonyl (C=O) groups is 1. The summed E-state index contributed by atoms with van der Waals surface area (Å²) in [4.78, 5) is 41.4. The molecule has 0 radical (unpaired) electrons. The van der Waals surface area contributed by atoms with Crippen molar-refractivity contribution >= 4 is 34.4 Å². The first-order valence-corrected chi connectivity index (χ1v) is 10.9. The third-order valence-electron chi connectivity index (χ3n) is 5.58. The Morgan fingerprint density at radius 1 is 1.00 bits per heavy atom. The van der Waals surface area contributed by atoms with Crippen LogP contribution in [-0.2, 0) is 25.4 Å². The van der Waals surface area contributed by atoms with E-state index in [9.17, 15) is 14.4 Å². The number of amides is 1. The van der Waals surface area contributed by atoms with Gasteiger partial charge < -0.3 is 9.88 Å². The van der Waals surface area contributed by atoms with Crippen LogP contribution in [0.25, 0.3) is 28.1 Å². The van der Waals surface area contributed by atoms with Crippen LogP contribution in [0.15, 0.2) is 70.6 Å². The second-order valence-corrected chi connectivity index (χ2v) is 8.34. The third-order valence-corrected chi connectivity index (χ3v) is 5.83. The smallest absolute Gasteiger partial charge is 0.325 e. The van der Waals surface area contributed by atoms with Gasteiger partial charge in [-0.3, -0.25) is 18.7 Å². The number of anilines is 1. The first kappa shape index (κ1) is 22.3. The number of hydrogen-bond donors (Lipinski definition) is 1. The fraction of sp³-hybridized carbons (Fsp3) is 0.130. The van der Waals surface area contributed by atoms with Crippen molar-refractivity contribution in [2.45, 2.75) is 6.54 Å². The first-order chi connectivity index (χ1) is 16.8. The van der Waals surface area contributed by atoms with Crippen LogP contribution >= 0.6 is 11.6 Å². The monoisotopic (exact) mass is 490 g/mol. The van der Waals surface area contributed by atoms with E-state index in [1.54, 1.807) is 35.1 Å². The Kier molecular flexibility index (Phi) is 5.53. The van der Waals surface area contributed by atoms with Crippen LogP contribution in [0.4, 0.5) is 5.69 Å². The summed E-state index contributed by atoms with van der Waals surface area (Å²) in [7, 11) is 2.91. The van der Waals surface area contributed by atoms with Crippen molar-refractivity contribution in [3.63, 3.8) is 0 Å². The van der Waals surface area contributed by atoms with Crippen LogP contribution in [0, 0.1) is 0 Å². The number of aryl methyl sites for hydroxylation is 1. The summed E-state index contributed by atoms with van der Waals surface area (Å²) < 4.78 is 5.33. The van der Waals surface area contributed by atoms with Gasteiger partial charge in [-0.25, -0.2) is 14.5 Å². The summed E-state index contributed by atoms with van der Waals surface area (Å²) in [5, 5.41) is 11.8. The number of aromatic nitrogens is 7. The molecule has 3 aromatic heterocycles. The summed E-state index contributed by atoms with van der Waals surface area (Å²) in [6.07, 6.45) is 3.17. The van der Waals surface area contributed by atoms with Gasteiger partial charge in [0.2, 0.25) is 5.91 Å². The fourth-order valence-electron chi connectivity index (χ4n) is 3.71. The zero-order chi connectivity index (χ0) is 24.7. The number of hydrogen-bond acceptors (Lipinski definition) is 6. The molecule has 5 rings (SSSR count). The van der Waals surface area contributed by atoms with Crippen LogP contribution in [0.5, 0.6) is 0 Å². The van der Waals surface area contributed by atoms with Crippen molar-refractivity contribution in [3.8, 4) is 16.9 Å². The van der Waals surface area contributed by atoms with Crippen LogP contribution in [0.3, 0.4) is 0 Å². The highest BCUT2D eigenvalue weighted by Crippen LogP contribution is 2.21.